The van der Waals surface area contributed by atoms with Crippen molar-refractivity contribution >= 4 is 17.6 Å². The normalized spacial score (nSPS) is 23.2. The summed E-state index contributed by atoms with van der Waals surface area (Å²) in [6.07, 6.45) is 2.50. The van der Waals surface area contributed by atoms with Gasteiger partial charge in [-0.1, -0.05) is 6.07 Å². The third kappa shape index (κ3) is 2.06. The van der Waals surface area contributed by atoms with E-state index in [1.807, 2.05) is 12.1 Å². The zero-order chi connectivity index (χ0) is 15.2. The fourth-order valence-electron chi connectivity index (χ4n) is 3.66. The first kappa shape index (κ1) is 13.6. The highest BCUT2D eigenvalue weighted by atomic mass is 16.5. The van der Waals surface area contributed by atoms with Crippen molar-refractivity contribution < 1.29 is 14.3 Å². The zero-order valence-corrected chi connectivity index (χ0v) is 12.4. The first-order valence-electron chi connectivity index (χ1n) is 7.77. The highest BCUT2D eigenvalue weighted by Gasteiger charge is 2.41. The minimum atomic E-state index is -0.356. The van der Waals surface area contributed by atoms with E-state index in [1.54, 1.807) is 4.90 Å². The van der Waals surface area contributed by atoms with Gasteiger partial charge in [0.25, 0.3) is 0 Å². The lowest BCUT2D eigenvalue weighted by Gasteiger charge is -2.33. The fraction of sp³-hybridized carbons (Fsp3) is 0.500. The van der Waals surface area contributed by atoms with Crippen LogP contribution in [0.2, 0.25) is 0 Å². The van der Waals surface area contributed by atoms with Gasteiger partial charge in [-0.15, -0.1) is 0 Å². The molecule has 1 spiro atoms. The van der Waals surface area contributed by atoms with Crippen LogP contribution in [0.15, 0.2) is 18.2 Å². The number of benzene rings is 1. The molecule has 1 aromatic carbocycles. The van der Waals surface area contributed by atoms with E-state index in [9.17, 15) is 9.59 Å². The zero-order valence-electron chi connectivity index (χ0n) is 12.4. The Hall–Kier alpha value is -2.08. The summed E-state index contributed by atoms with van der Waals surface area (Å²) in [6, 6.07) is 5.63. The number of rotatable bonds is 1. The van der Waals surface area contributed by atoms with Crippen molar-refractivity contribution in [1.29, 1.82) is 0 Å². The Balaban J connectivity index is 1.63. The Labute approximate surface area is 128 Å². The van der Waals surface area contributed by atoms with Gasteiger partial charge >= 0.3 is 6.03 Å². The number of nitrogens with zero attached hydrogens (tertiary/aromatic N) is 1. The van der Waals surface area contributed by atoms with Crippen LogP contribution in [-0.4, -0.2) is 38.2 Å². The number of anilines is 1. The number of hydrogen-bond acceptors (Lipinski definition) is 4. The molecule has 3 heterocycles. The van der Waals surface area contributed by atoms with Gasteiger partial charge in [0.05, 0.1) is 6.61 Å². The molecule has 2 saturated heterocycles. The van der Waals surface area contributed by atoms with Crippen molar-refractivity contribution in [1.82, 2.24) is 10.6 Å². The average molecular weight is 301 g/mol. The summed E-state index contributed by atoms with van der Waals surface area (Å²) in [7, 11) is 0. The topological polar surface area (TPSA) is 70.7 Å². The second-order valence-electron chi connectivity index (χ2n) is 6.25. The van der Waals surface area contributed by atoms with Crippen molar-refractivity contribution in [2.75, 3.05) is 31.1 Å². The minimum Gasteiger partial charge on any atom is -0.492 e. The Morgan fingerprint density at radius 3 is 2.77 bits per heavy atom. The lowest BCUT2D eigenvalue weighted by molar-refractivity contribution is -0.120. The molecular formula is C16H19N3O3. The molecule has 116 valence electrons. The SMILES string of the molecule is O=C1CCN(c2ccc3c(c2)OCC32CCNCC2)C(=O)N1. The number of hydrogen-bond donors (Lipinski definition) is 2. The van der Waals surface area contributed by atoms with E-state index in [4.69, 9.17) is 4.74 Å². The molecule has 0 atom stereocenters. The Morgan fingerprint density at radius 2 is 2.00 bits per heavy atom. The monoisotopic (exact) mass is 301 g/mol. The summed E-state index contributed by atoms with van der Waals surface area (Å²) in [5.41, 5.74) is 2.17. The number of imide groups is 1. The van der Waals surface area contributed by atoms with Crippen LogP contribution < -0.4 is 20.3 Å². The van der Waals surface area contributed by atoms with Gasteiger partial charge in [-0.3, -0.25) is 15.0 Å². The molecular weight excluding hydrogens is 282 g/mol. The Morgan fingerprint density at radius 1 is 1.18 bits per heavy atom. The van der Waals surface area contributed by atoms with Gasteiger partial charge in [0.1, 0.15) is 5.75 Å². The number of urea groups is 1. The molecule has 3 aliphatic heterocycles. The molecule has 6 heteroatoms. The Kier molecular flexibility index (Phi) is 3.07. The van der Waals surface area contributed by atoms with Gasteiger partial charge in [-0.2, -0.15) is 0 Å². The van der Waals surface area contributed by atoms with Crippen molar-refractivity contribution in [3.63, 3.8) is 0 Å². The van der Waals surface area contributed by atoms with E-state index < -0.39 is 0 Å². The Bertz CT molecular complexity index is 638. The molecule has 6 nitrogen and oxygen atoms in total. The van der Waals surface area contributed by atoms with Gasteiger partial charge in [0.2, 0.25) is 5.91 Å². The molecule has 2 N–H and O–H groups in total. The minimum absolute atomic E-state index is 0.124. The van der Waals surface area contributed by atoms with Crippen LogP contribution in [0.4, 0.5) is 10.5 Å². The standard InChI is InChI=1S/C16H19N3O3/c20-14-3-8-19(15(21)18-14)11-1-2-12-13(9-11)22-10-16(12)4-6-17-7-5-16/h1-2,9,17H,3-8,10H2,(H,18,20,21). The van der Waals surface area contributed by atoms with Crippen molar-refractivity contribution in [2.45, 2.75) is 24.7 Å². The summed E-state index contributed by atoms with van der Waals surface area (Å²) in [4.78, 5) is 24.8. The molecule has 0 aromatic heterocycles. The van der Waals surface area contributed by atoms with Crippen LogP contribution in [0.5, 0.6) is 5.75 Å². The number of ether oxygens (including phenoxy) is 1. The maximum Gasteiger partial charge on any atom is 0.328 e. The van der Waals surface area contributed by atoms with Crippen LogP contribution in [0.3, 0.4) is 0 Å². The molecule has 0 aliphatic carbocycles. The van der Waals surface area contributed by atoms with E-state index in [0.29, 0.717) is 13.0 Å². The first-order valence-corrected chi connectivity index (χ1v) is 7.77. The van der Waals surface area contributed by atoms with Gasteiger partial charge in [-0.05, 0) is 32.0 Å². The first-order chi connectivity index (χ1) is 10.7. The largest absolute Gasteiger partial charge is 0.492 e. The second kappa shape index (κ2) is 4.98. The summed E-state index contributed by atoms with van der Waals surface area (Å²) >= 11 is 0. The van der Waals surface area contributed by atoms with Crippen molar-refractivity contribution in [3.8, 4) is 5.75 Å². The predicted octanol–water partition coefficient (Wildman–Crippen LogP) is 1.15. The van der Waals surface area contributed by atoms with E-state index >= 15 is 0 Å². The molecule has 4 rings (SSSR count). The van der Waals surface area contributed by atoms with E-state index in [1.165, 1.54) is 5.56 Å². The molecule has 0 unspecified atom stereocenters. The van der Waals surface area contributed by atoms with Crippen LogP contribution in [0.1, 0.15) is 24.8 Å². The number of carbonyl (C=O) groups excluding carboxylic acids is 2. The number of amides is 3. The average Bonchev–Trinajstić information content (AvgIpc) is 2.86. The summed E-state index contributed by atoms with van der Waals surface area (Å²) < 4.78 is 5.93. The van der Waals surface area contributed by atoms with E-state index in [2.05, 4.69) is 16.7 Å². The smallest absolute Gasteiger partial charge is 0.328 e. The molecule has 1 aromatic rings. The highest BCUT2D eigenvalue weighted by Crippen LogP contribution is 2.45. The van der Waals surface area contributed by atoms with Crippen molar-refractivity contribution in [3.05, 3.63) is 23.8 Å². The van der Waals surface area contributed by atoms with E-state index in [-0.39, 0.29) is 17.4 Å². The number of piperidine rings is 1. The van der Waals surface area contributed by atoms with Gasteiger partial charge < -0.3 is 10.1 Å². The number of nitrogens with one attached hydrogen (secondary N) is 2. The summed E-state index contributed by atoms with van der Waals surface area (Å²) in [5.74, 6) is 0.663. The third-order valence-electron chi connectivity index (χ3n) is 4.97. The molecule has 3 aliphatic rings. The molecule has 2 fully saturated rings. The van der Waals surface area contributed by atoms with Crippen molar-refractivity contribution in [2.24, 2.45) is 0 Å². The summed E-state index contributed by atoms with van der Waals surface area (Å²) in [6.45, 7) is 3.17. The summed E-state index contributed by atoms with van der Waals surface area (Å²) in [5, 5.41) is 5.74. The van der Waals surface area contributed by atoms with Crippen LogP contribution in [-0.2, 0) is 10.2 Å². The van der Waals surface area contributed by atoms with Gasteiger partial charge in [-0.25, -0.2) is 4.79 Å². The lowest BCUT2D eigenvalue weighted by Crippen LogP contribution is -2.49. The molecule has 0 saturated carbocycles. The maximum absolute atomic E-state index is 11.9. The predicted molar refractivity (Wildman–Crippen MR) is 81.2 cm³/mol. The molecule has 0 radical (unpaired) electrons. The van der Waals surface area contributed by atoms with Crippen LogP contribution in [0.25, 0.3) is 0 Å². The number of carbonyl (C=O) groups is 2. The van der Waals surface area contributed by atoms with Gasteiger partial charge in [0, 0.05) is 35.7 Å². The quantitative estimate of drug-likeness (QED) is 0.816. The maximum atomic E-state index is 11.9. The third-order valence-corrected chi connectivity index (χ3v) is 4.97. The van der Waals surface area contributed by atoms with Crippen LogP contribution >= 0.6 is 0 Å². The lowest BCUT2D eigenvalue weighted by atomic mass is 9.75. The van der Waals surface area contributed by atoms with Gasteiger partial charge in [0.15, 0.2) is 0 Å². The second-order valence-corrected chi connectivity index (χ2v) is 6.25. The molecule has 22 heavy (non-hydrogen) atoms. The highest BCUT2D eigenvalue weighted by molar-refractivity contribution is 6.05. The fourth-order valence-corrected chi connectivity index (χ4v) is 3.66. The molecule has 0 bridgehead atoms. The number of fused-ring (bicyclic) bond motifs is 2. The van der Waals surface area contributed by atoms with E-state index in [0.717, 1.165) is 44.0 Å². The molecule has 3 amide bonds. The van der Waals surface area contributed by atoms with Crippen LogP contribution in [0, 0.1) is 0 Å².